The van der Waals surface area contributed by atoms with Gasteiger partial charge in [-0.25, -0.2) is 17.6 Å². The minimum absolute atomic E-state index is 0.209. The molecule has 0 heterocycles. The number of benzene rings is 2. The van der Waals surface area contributed by atoms with Gasteiger partial charge in [-0.3, -0.25) is 4.79 Å². The van der Waals surface area contributed by atoms with Crippen LogP contribution in [0.15, 0.2) is 30.3 Å². The van der Waals surface area contributed by atoms with Crippen LogP contribution in [0.1, 0.15) is 22.0 Å². The first kappa shape index (κ1) is 17.2. The van der Waals surface area contributed by atoms with Crippen LogP contribution < -0.4 is 5.32 Å². The van der Waals surface area contributed by atoms with Crippen LogP contribution in [0.2, 0.25) is 5.02 Å². The number of carbonyl (C=O) groups is 1. The molecule has 0 aliphatic rings. The monoisotopic (exact) mass is 347 g/mol. The molecule has 23 heavy (non-hydrogen) atoms. The fourth-order valence-corrected chi connectivity index (χ4v) is 2.10. The summed E-state index contributed by atoms with van der Waals surface area (Å²) in [5, 5.41) is 11.2. The Kier molecular flexibility index (Phi) is 5.23. The number of halogens is 5. The van der Waals surface area contributed by atoms with Gasteiger partial charge >= 0.3 is 0 Å². The third-order valence-electron chi connectivity index (χ3n) is 3.09. The summed E-state index contributed by atoms with van der Waals surface area (Å²) in [6, 6.07) is 3.73. The lowest BCUT2D eigenvalue weighted by molar-refractivity contribution is 0.0911. The highest BCUT2D eigenvalue weighted by atomic mass is 35.5. The van der Waals surface area contributed by atoms with Gasteiger partial charge in [-0.1, -0.05) is 17.7 Å². The smallest absolute Gasteiger partial charge is 0.254 e. The molecule has 0 saturated carbocycles. The molecule has 122 valence electrons. The van der Waals surface area contributed by atoms with Gasteiger partial charge < -0.3 is 10.4 Å². The molecule has 2 aromatic carbocycles. The van der Waals surface area contributed by atoms with Gasteiger partial charge in [0.15, 0.2) is 23.3 Å². The number of amides is 1. The van der Waals surface area contributed by atoms with Gasteiger partial charge in [0.05, 0.1) is 23.2 Å². The summed E-state index contributed by atoms with van der Waals surface area (Å²) in [6.45, 7) is -0.738. The first-order chi connectivity index (χ1) is 10.8. The quantitative estimate of drug-likeness (QED) is 0.658. The van der Waals surface area contributed by atoms with Crippen molar-refractivity contribution >= 4 is 17.5 Å². The molecule has 1 amide bonds. The number of aliphatic hydroxyl groups is 1. The second-order valence-corrected chi connectivity index (χ2v) is 5.02. The number of rotatable bonds is 4. The predicted molar refractivity (Wildman–Crippen MR) is 75.0 cm³/mol. The summed E-state index contributed by atoms with van der Waals surface area (Å²) in [6.07, 6.45) is 0. The van der Waals surface area contributed by atoms with Gasteiger partial charge in [-0.2, -0.15) is 0 Å². The van der Waals surface area contributed by atoms with E-state index in [1.54, 1.807) is 0 Å². The Labute approximate surface area is 133 Å². The number of hydrogen-bond donors (Lipinski definition) is 2. The van der Waals surface area contributed by atoms with Crippen molar-refractivity contribution in [2.24, 2.45) is 0 Å². The summed E-state index contributed by atoms with van der Waals surface area (Å²) >= 11 is 5.56. The van der Waals surface area contributed by atoms with Crippen molar-refractivity contribution in [1.82, 2.24) is 5.32 Å². The van der Waals surface area contributed by atoms with E-state index in [-0.39, 0.29) is 10.6 Å². The van der Waals surface area contributed by atoms with Crippen molar-refractivity contribution in [1.29, 1.82) is 0 Å². The molecule has 1 atom stereocenters. The highest BCUT2D eigenvalue weighted by Crippen LogP contribution is 2.21. The molecule has 2 N–H and O–H groups in total. The molecule has 0 fully saturated rings. The van der Waals surface area contributed by atoms with E-state index in [9.17, 15) is 27.5 Å². The molecule has 0 bridgehead atoms. The van der Waals surface area contributed by atoms with Crippen LogP contribution in [-0.4, -0.2) is 17.6 Å². The lowest BCUT2D eigenvalue weighted by Crippen LogP contribution is -2.31. The summed E-state index contributed by atoms with van der Waals surface area (Å²) < 4.78 is 53.2. The highest BCUT2D eigenvalue weighted by molar-refractivity contribution is 6.31. The molecule has 3 nitrogen and oxygen atoms in total. The number of aliphatic hydroxyl groups excluding tert-OH is 1. The lowest BCUT2D eigenvalue weighted by atomic mass is 10.1. The van der Waals surface area contributed by atoms with Gasteiger partial charge in [-0.05, 0) is 29.8 Å². The molecule has 0 aromatic heterocycles. The number of carbonyl (C=O) groups excluding carboxylic acids is 1. The first-order valence-corrected chi connectivity index (χ1v) is 6.73. The van der Waals surface area contributed by atoms with Crippen LogP contribution in [0, 0.1) is 23.3 Å². The van der Waals surface area contributed by atoms with E-state index >= 15 is 0 Å². The zero-order valence-corrected chi connectivity index (χ0v) is 12.2. The SMILES string of the molecule is O=C(NC(CO)c1cc(F)c(F)c(F)c1)c1cccc(Cl)c1F. The van der Waals surface area contributed by atoms with E-state index in [2.05, 4.69) is 5.32 Å². The molecule has 2 rings (SSSR count). The van der Waals surface area contributed by atoms with E-state index in [1.807, 2.05) is 0 Å². The van der Waals surface area contributed by atoms with Crippen LogP contribution in [0.25, 0.3) is 0 Å². The van der Waals surface area contributed by atoms with Crippen LogP contribution in [-0.2, 0) is 0 Å². The Bertz CT molecular complexity index is 731. The second-order valence-electron chi connectivity index (χ2n) is 4.61. The molecule has 0 aliphatic heterocycles. The van der Waals surface area contributed by atoms with Crippen LogP contribution in [0.3, 0.4) is 0 Å². The van der Waals surface area contributed by atoms with E-state index in [4.69, 9.17) is 11.6 Å². The first-order valence-electron chi connectivity index (χ1n) is 6.35. The summed E-state index contributed by atoms with van der Waals surface area (Å²) in [4.78, 5) is 12.0. The molecule has 8 heteroatoms. The van der Waals surface area contributed by atoms with E-state index in [1.165, 1.54) is 12.1 Å². The molecule has 1 unspecified atom stereocenters. The Morgan fingerprint density at radius 1 is 1.13 bits per heavy atom. The maximum atomic E-state index is 13.8. The Balaban J connectivity index is 2.29. The molecular weight excluding hydrogens is 338 g/mol. The topological polar surface area (TPSA) is 49.3 Å². The largest absolute Gasteiger partial charge is 0.394 e. The summed E-state index contributed by atoms with van der Waals surface area (Å²) in [5.41, 5.74) is -0.612. The average molecular weight is 348 g/mol. The van der Waals surface area contributed by atoms with Crippen LogP contribution in [0.4, 0.5) is 17.6 Å². The van der Waals surface area contributed by atoms with E-state index in [0.29, 0.717) is 12.1 Å². The standard InChI is InChI=1S/C15H10ClF4NO2/c16-9-3-1-2-8(13(9)19)15(23)21-12(6-22)7-4-10(17)14(20)11(18)5-7/h1-5,12,22H,6H2,(H,21,23). The van der Waals surface area contributed by atoms with Crippen molar-refractivity contribution in [3.63, 3.8) is 0 Å². The fraction of sp³-hybridized carbons (Fsp3) is 0.133. The Morgan fingerprint density at radius 3 is 2.30 bits per heavy atom. The number of nitrogens with one attached hydrogen (secondary N) is 1. The minimum Gasteiger partial charge on any atom is -0.394 e. The van der Waals surface area contributed by atoms with Gasteiger partial charge in [0.1, 0.15) is 0 Å². The van der Waals surface area contributed by atoms with Crippen LogP contribution in [0.5, 0.6) is 0 Å². The fourth-order valence-electron chi connectivity index (χ4n) is 1.93. The van der Waals surface area contributed by atoms with Crippen molar-refractivity contribution in [2.75, 3.05) is 6.61 Å². The maximum Gasteiger partial charge on any atom is 0.254 e. The Hall–Kier alpha value is -2.12. The zero-order valence-electron chi connectivity index (χ0n) is 11.4. The summed E-state index contributed by atoms with van der Waals surface area (Å²) in [7, 11) is 0. The van der Waals surface area contributed by atoms with Crippen molar-refractivity contribution in [3.8, 4) is 0 Å². The maximum absolute atomic E-state index is 13.8. The Morgan fingerprint density at radius 2 is 1.74 bits per heavy atom. The van der Waals surface area contributed by atoms with Gasteiger partial charge in [0, 0.05) is 0 Å². The molecule has 0 saturated heterocycles. The molecule has 0 radical (unpaired) electrons. The van der Waals surface area contributed by atoms with Crippen molar-refractivity contribution < 1.29 is 27.5 Å². The van der Waals surface area contributed by atoms with E-state index in [0.717, 1.165) is 6.07 Å². The van der Waals surface area contributed by atoms with Crippen molar-refractivity contribution in [2.45, 2.75) is 6.04 Å². The third-order valence-corrected chi connectivity index (χ3v) is 3.38. The minimum atomic E-state index is -1.67. The normalized spacial score (nSPS) is 12.1. The lowest BCUT2D eigenvalue weighted by Gasteiger charge is -2.17. The molecule has 0 aliphatic carbocycles. The van der Waals surface area contributed by atoms with Gasteiger partial charge in [0.2, 0.25) is 0 Å². The number of hydrogen-bond acceptors (Lipinski definition) is 2. The average Bonchev–Trinajstić information content (AvgIpc) is 2.52. The zero-order chi connectivity index (χ0) is 17.1. The van der Waals surface area contributed by atoms with Crippen molar-refractivity contribution in [3.05, 3.63) is 69.8 Å². The second kappa shape index (κ2) is 6.97. The van der Waals surface area contributed by atoms with Crippen LogP contribution >= 0.6 is 11.6 Å². The third kappa shape index (κ3) is 3.62. The molecule has 0 spiro atoms. The molecule has 2 aromatic rings. The van der Waals surface area contributed by atoms with Gasteiger partial charge in [-0.15, -0.1) is 0 Å². The predicted octanol–water partition coefficient (Wildman–Crippen LogP) is 3.36. The molecular formula is C15H10ClF4NO2. The van der Waals surface area contributed by atoms with Gasteiger partial charge in [0.25, 0.3) is 5.91 Å². The highest BCUT2D eigenvalue weighted by Gasteiger charge is 2.21. The summed E-state index contributed by atoms with van der Waals surface area (Å²) in [5.74, 6) is -6.53. The van der Waals surface area contributed by atoms with E-state index < -0.39 is 47.4 Å².